The summed E-state index contributed by atoms with van der Waals surface area (Å²) in [6.45, 7) is 1.92. The third-order valence-electron chi connectivity index (χ3n) is 3.52. The summed E-state index contributed by atoms with van der Waals surface area (Å²) in [7, 11) is 0. The van der Waals surface area contributed by atoms with Crippen molar-refractivity contribution >= 4 is 17.6 Å². The van der Waals surface area contributed by atoms with Crippen LogP contribution in [0.15, 0.2) is 59.4 Å². The van der Waals surface area contributed by atoms with Crippen molar-refractivity contribution in [2.24, 2.45) is 0 Å². The Morgan fingerprint density at radius 1 is 1.12 bits per heavy atom. The van der Waals surface area contributed by atoms with Crippen LogP contribution in [0.25, 0.3) is 16.9 Å². The highest BCUT2D eigenvalue weighted by molar-refractivity contribution is 6.33. The number of aromatic amines is 1. The first-order valence-corrected chi connectivity index (χ1v) is 7.83. The van der Waals surface area contributed by atoms with Crippen molar-refractivity contribution < 1.29 is 9.53 Å². The largest absolute Gasteiger partial charge is 0.461 e. The van der Waals surface area contributed by atoms with Crippen LogP contribution >= 0.6 is 11.6 Å². The number of aromatic nitrogens is 2. The number of halogens is 1. The average Bonchev–Trinajstić information content (AvgIpc) is 2.93. The van der Waals surface area contributed by atoms with Gasteiger partial charge in [0.2, 0.25) is 0 Å². The predicted molar refractivity (Wildman–Crippen MR) is 92.8 cm³/mol. The molecule has 1 aromatic heterocycles. The Hall–Kier alpha value is -2.79. The zero-order valence-corrected chi connectivity index (χ0v) is 13.7. The van der Waals surface area contributed by atoms with Crippen molar-refractivity contribution in [1.29, 1.82) is 0 Å². The van der Waals surface area contributed by atoms with Gasteiger partial charge in [-0.1, -0.05) is 48.0 Å². The van der Waals surface area contributed by atoms with Gasteiger partial charge in [-0.2, -0.15) is 0 Å². The van der Waals surface area contributed by atoms with Crippen molar-refractivity contribution in [1.82, 2.24) is 9.55 Å². The molecule has 3 rings (SSSR count). The molecule has 6 heteroatoms. The normalized spacial score (nSPS) is 10.6. The molecule has 2 aromatic carbocycles. The molecule has 5 nitrogen and oxygen atoms in total. The molecule has 0 saturated carbocycles. The minimum absolute atomic E-state index is 0.0822. The highest BCUT2D eigenvalue weighted by Crippen LogP contribution is 2.31. The third-order valence-corrected chi connectivity index (χ3v) is 3.85. The molecule has 3 aromatic rings. The number of benzene rings is 2. The first-order chi connectivity index (χ1) is 11.6. The summed E-state index contributed by atoms with van der Waals surface area (Å²) >= 11 is 6.30. The number of imidazole rings is 1. The molecule has 0 fully saturated rings. The molecule has 1 heterocycles. The summed E-state index contributed by atoms with van der Waals surface area (Å²) in [6, 6.07) is 16.1. The van der Waals surface area contributed by atoms with Gasteiger partial charge in [0.05, 0.1) is 18.0 Å². The Kier molecular flexibility index (Phi) is 4.53. The minimum atomic E-state index is -0.598. The van der Waals surface area contributed by atoms with Gasteiger partial charge in [-0.25, -0.2) is 9.59 Å². The lowest BCUT2D eigenvalue weighted by atomic mass is 10.1. The smallest absolute Gasteiger partial charge is 0.357 e. The van der Waals surface area contributed by atoms with E-state index in [4.69, 9.17) is 16.3 Å². The second-order valence-electron chi connectivity index (χ2n) is 5.03. The molecule has 0 bridgehead atoms. The van der Waals surface area contributed by atoms with Crippen molar-refractivity contribution in [2.75, 3.05) is 6.61 Å². The van der Waals surface area contributed by atoms with Crippen LogP contribution in [0.3, 0.4) is 0 Å². The molecule has 0 aliphatic heterocycles. The van der Waals surface area contributed by atoms with Crippen LogP contribution < -0.4 is 5.69 Å². The number of rotatable bonds is 4. The number of H-pyrrole nitrogens is 1. The Labute approximate surface area is 143 Å². The van der Waals surface area contributed by atoms with Crippen LogP contribution in [0.5, 0.6) is 0 Å². The lowest BCUT2D eigenvalue weighted by molar-refractivity contribution is 0.0521. The Morgan fingerprint density at radius 2 is 1.79 bits per heavy atom. The van der Waals surface area contributed by atoms with Crippen molar-refractivity contribution in [3.05, 3.63) is 75.8 Å². The lowest BCUT2D eigenvalue weighted by Gasteiger charge is -2.11. The fourth-order valence-corrected chi connectivity index (χ4v) is 2.74. The molecule has 0 saturated heterocycles. The first-order valence-electron chi connectivity index (χ1n) is 7.46. The summed E-state index contributed by atoms with van der Waals surface area (Å²) in [6.07, 6.45) is 0. The number of hydrogen-bond donors (Lipinski definition) is 1. The van der Waals surface area contributed by atoms with Gasteiger partial charge in [-0.3, -0.25) is 9.55 Å². The molecule has 0 aliphatic carbocycles. The van der Waals surface area contributed by atoms with Gasteiger partial charge in [-0.05, 0) is 25.1 Å². The maximum Gasteiger partial charge on any atom is 0.357 e. The van der Waals surface area contributed by atoms with Crippen LogP contribution in [0.1, 0.15) is 17.4 Å². The summed E-state index contributed by atoms with van der Waals surface area (Å²) in [5.41, 5.74) is 1.24. The van der Waals surface area contributed by atoms with E-state index >= 15 is 0 Å². The number of carbonyl (C=O) groups is 1. The van der Waals surface area contributed by atoms with Crippen LogP contribution in [0.2, 0.25) is 5.02 Å². The van der Waals surface area contributed by atoms with E-state index in [1.54, 1.807) is 43.3 Å². The fourth-order valence-electron chi connectivity index (χ4n) is 2.52. The number of carbonyl (C=O) groups excluding carboxylic acids is 1. The molecule has 0 radical (unpaired) electrons. The third kappa shape index (κ3) is 2.86. The monoisotopic (exact) mass is 342 g/mol. The van der Waals surface area contributed by atoms with Gasteiger partial charge in [0, 0.05) is 10.6 Å². The van der Waals surface area contributed by atoms with E-state index in [1.165, 1.54) is 4.57 Å². The Balaban J connectivity index is 2.33. The van der Waals surface area contributed by atoms with Crippen LogP contribution in [-0.4, -0.2) is 22.1 Å². The molecule has 0 unspecified atom stereocenters. The molecule has 1 N–H and O–H groups in total. The summed E-state index contributed by atoms with van der Waals surface area (Å²) in [4.78, 5) is 27.4. The molecule has 24 heavy (non-hydrogen) atoms. The van der Waals surface area contributed by atoms with Gasteiger partial charge in [0.1, 0.15) is 0 Å². The second-order valence-corrected chi connectivity index (χ2v) is 5.43. The number of para-hydroxylation sites is 1. The van der Waals surface area contributed by atoms with Crippen LogP contribution in [-0.2, 0) is 4.74 Å². The molecular weight excluding hydrogens is 328 g/mol. The van der Waals surface area contributed by atoms with Gasteiger partial charge >= 0.3 is 11.7 Å². The van der Waals surface area contributed by atoms with Crippen molar-refractivity contribution in [3.63, 3.8) is 0 Å². The summed E-state index contributed by atoms with van der Waals surface area (Å²) in [5.74, 6) is -0.598. The lowest BCUT2D eigenvalue weighted by Crippen LogP contribution is -2.15. The van der Waals surface area contributed by atoms with E-state index in [2.05, 4.69) is 4.98 Å². The molecule has 0 aliphatic rings. The van der Waals surface area contributed by atoms with E-state index in [0.717, 1.165) is 0 Å². The maximum atomic E-state index is 12.5. The number of nitrogens with zero attached hydrogens (tertiary/aromatic N) is 1. The first kappa shape index (κ1) is 16.1. The molecule has 0 atom stereocenters. The number of esters is 1. The highest BCUT2D eigenvalue weighted by atomic mass is 35.5. The topological polar surface area (TPSA) is 64.1 Å². The second kappa shape index (κ2) is 6.76. The zero-order chi connectivity index (χ0) is 17.1. The Bertz CT molecular complexity index is 929. The quantitative estimate of drug-likeness (QED) is 0.736. The molecular formula is C18H15ClN2O3. The SMILES string of the molecule is CCOC(=O)c1[nH]c(=O)n(-c2ccccc2)c1-c1ccccc1Cl. The number of hydrogen-bond acceptors (Lipinski definition) is 3. The maximum absolute atomic E-state index is 12.5. The minimum Gasteiger partial charge on any atom is -0.461 e. The van der Waals surface area contributed by atoms with Crippen LogP contribution in [0.4, 0.5) is 0 Å². The number of nitrogens with one attached hydrogen (secondary N) is 1. The van der Waals surface area contributed by atoms with Gasteiger partial charge in [0.15, 0.2) is 5.69 Å². The summed E-state index contributed by atoms with van der Waals surface area (Å²) in [5, 5.41) is 0.437. The van der Waals surface area contributed by atoms with Crippen molar-refractivity contribution in [2.45, 2.75) is 6.92 Å². The van der Waals surface area contributed by atoms with E-state index in [9.17, 15) is 9.59 Å². The van der Waals surface area contributed by atoms with Gasteiger partial charge in [-0.15, -0.1) is 0 Å². The van der Waals surface area contributed by atoms with Gasteiger partial charge < -0.3 is 4.74 Å². The molecule has 0 spiro atoms. The standard InChI is InChI=1S/C18H15ClN2O3/c1-2-24-17(22)15-16(13-10-6-7-11-14(13)19)21(18(23)20-15)12-8-4-3-5-9-12/h3-11H,2H2,1H3,(H,20,23). The van der Waals surface area contributed by atoms with E-state index in [-0.39, 0.29) is 12.3 Å². The van der Waals surface area contributed by atoms with Crippen LogP contribution in [0, 0.1) is 0 Å². The Morgan fingerprint density at radius 3 is 2.46 bits per heavy atom. The molecule has 0 amide bonds. The van der Waals surface area contributed by atoms with Crippen molar-refractivity contribution in [3.8, 4) is 16.9 Å². The van der Waals surface area contributed by atoms with E-state index in [0.29, 0.717) is 22.0 Å². The predicted octanol–water partition coefficient (Wildman–Crippen LogP) is 3.66. The average molecular weight is 343 g/mol. The van der Waals surface area contributed by atoms with E-state index in [1.807, 2.05) is 18.2 Å². The van der Waals surface area contributed by atoms with Gasteiger partial charge in [0.25, 0.3) is 0 Å². The summed E-state index contributed by atoms with van der Waals surface area (Å²) < 4.78 is 6.49. The highest BCUT2D eigenvalue weighted by Gasteiger charge is 2.24. The number of ether oxygens (including phenoxy) is 1. The molecule has 122 valence electrons. The fraction of sp³-hybridized carbons (Fsp3) is 0.111. The van der Waals surface area contributed by atoms with E-state index < -0.39 is 11.7 Å². The zero-order valence-electron chi connectivity index (χ0n) is 13.0.